The molecule has 0 unspecified atom stereocenters. The number of esters is 1. The molecule has 0 amide bonds. The Hall–Kier alpha value is -1.78. The van der Waals surface area contributed by atoms with Crippen molar-refractivity contribution < 1.29 is 9.53 Å². The quantitative estimate of drug-likeness (QED) is 0.678. The molecule has 0 aliphatic heterocycles. The summed E-state index contributed by atoms with van der Waals surface area (Å²) in [5.41, 5.74) is 10.9. The monoisotopic (exact) mass is 209 g/mol. The maximum Gasteiger partial charge on any atom is 0.357 e. The molecule has 0 aliphatic rings. The van der Waals surface area contributed by atoms with E-state index in [1.165, 1.54) is 12.1 Å². The highest BCUT2D eigenvalue weighted by molar-refractivity contribution is 5.88. The van der Waals surface area contributed by atoms with Gasteiger partial charge in [-0.25, -0.2) is 9.78 Å². The van der Waals surface area contributed by atoms with Crippen molar-refractivity contribution in [2.24, 2.45) is 0 Å². The molecular weight excluding hydrogens is 194 g/mol. The summed E-state index contributed by atoms with van der Waals surface area (Å²) in [5.74, 6) is -0.368. The molecule has 82 valence electrons. The number of nitrogens with zero attached hydrogens (tertiary/aromatic N) is 1. The fraction of sp³-hybridized carbons (Fsp3) is 0.400. The lowest BCUT2D eigenvalue weighted by Gasteiger charge is -2.19. The van der Waals surface area contributed by atoms with E-state index in [0.717, 1.165) is 0 Å². The SMILES string of the molecule is CC(C)(C)OC(=O)c1ccc(N)c(N)n1. The molecule has 1 aromatic rings. The predicted molar refractivity (Wildman–Crippen MR) is 58.2 cm³/mol. The molecule has 5 heteroatoms. The summed E-state index contributed by atoms with van der Waals surface area (Å²) in [7, 11) is 0. The van der Waals surface area contributed by atoms with Gasteiger partial charge in [-0.2, -0.15) is 0 Å². The van der Waals surface area contributed by atoms with Gasteiger partial charge in [0, 0.05) is 0 Å². The van der Waals surface area contributed by atoms with Crippen LogP contribution in [0.5, 0.6) is 0 Å². The number of nitrogens with two attached hydrogens (primary N) is 2. The summed E-state index contributed by atoms with van der Waals surface area (Å²) in [6, 6.07) is 3.02. The molecule has 5 nitrogen and oxygen atoms in total. The lowest BCUT2D eigenvalue weighted by atomic mass is 10.2. The number of carbonyl (C=O) groups is 1. The average Bonchev–Trinajstić information content (AvgIpc) is 2.06. The Morgan fingerprint density at radius 3 is 2.40 bits per heavy atom. The van der Waals surface area contributed by atoms with Crippen LogP contribution in [0.25, 0.3) is 0 Å². The zero-order chi connectivity index (χ0) is 11.6. The molecule has 0 aliphatic carbocycles. The number of hydrogen-bond acceptors (Lipinski definition) is 5. The molecule has 1 heterocycles. The minimum absolute atomic E-state index is 0.137. The van der Waals surface area contributed by atoms with Crippen LogP contribution in [-0.2, 0) is 4.74 Å². The fourth-order valence-electron chi connectivity index (χ4n) is 0.930. The summed E-state index contributed by atoms with van der Waals surface area (Å²) in [4.78, 5) is 15.4. The number of hydrogen-bond donors (Lipinski definition) is 2. The van der Waals surface area contributed by atoms with Crippen LogP contribution in [0.3, 0.4) is 0 Å². The number of pyridine rings is 1. The maximum absolute atomic E-state index is 11.5. The number of aromatic nitrogens is 1. The average molecular weight is 209 g/mol. The number of anilines is 2. The fourth-order valence-corrected chi connectivity index (χ4v) is 0.930. The highest BCUT2D eigenvalue weighted by Gasteiger charge is 2.19. The minimum Gasteiger partial charge on any atom is -0.455 e. The van der Waals surface area contributed by atoms with Gasteiger partial charge in [0.05, 0.1) is 5.69 Å². The van der Waals surface area contributed by atoms with E-state index in [-0.39, 0.29) is 11.5 Å². The van der Waals surface area contributed by atoms with Crippen LogP contribution in [0.15, 0.2) is 12.1 Å². The maximum atomic E-state index is 11.5. The number of ether oxygens (including phenoxy) is 1. The first-order chi connectivity index (χ1) is 6.79. The van der Waals surface area contributed by atoms with Gasteiger partial charge >= 0.3 is 5.97 Å². The van der Waals surface area contributed by atoms with E-state index < -0.39 is 11.6 Å². The van der Waals surface area contributed by atoms with Gasteiger partial charge in [0.2, 0.25) is 0 Å². The van der Waals surface area contributed by atoms with Crippen molar-refractivity contribution in [2.75, 3.05) is 11.5 Å². The Labute approximate surface area is 88.4 Å². The molecule has 15 heavy (non-hydrogen) atoms. The molecule has 0 saturated carbocycles. The van der Waals surface area contributed by atoms with Crippen molar-refractivity contribution in [1.82, 2.24) is 4.98 Å². The summed E-state index contributed by atoms with van der Waals surface area (Å²) < 4.78 is 5.12. The molecular formula is C10H15N3O2. The van der Waals surface area contributed by atoms with Crippen molar-refractivity contribution in [3.63, 3.8) is 0 Å². The highest BCUT2D eigenvalue weighted by atomic mass is 16.6. The third kappa shape index (κ3) is 3.12. The molecule has 0 bridgehead atoms. The van der Waals surface area contributed by atoms with Crippen LogP contribution in [-0.4, -0.2) is 16.6 Å². The largest absolute Gasteiger partial charge is 0.455 e. The zero-order valence-corrected chi connectivity index (χ0v) is 9.07. The Bertz CT molecular complexity index is 383. The van der Waals surface area contributed by atoms with Crippen molar-refractivity contribution >= 4 is 17.5 Å². The van der Waals surface area contributed by atoms with Gasteiger partial charge in [0.25, 0.3) is 0 Å². The van der Waals surface area contributed by atoms with Gasteiger partial charge in [0.15, 0.2) is 5.69 Å². The van der Waals surface area contributed by atoms with Crippen molar-refractivity contribution in [3.8, 4) is 0 Å². The van der Waals surface area contributed by atoms with Gasteiger partial charge in [-0.3, -0.25) is 0 Å². The topological polar surface area (TPSA) is 91.2 Å². The first-order valence-electron chi connectivity index (χ1n) is 4.55. The van der Waals surface area contributed by atoms with Gasteiger partial charge in [-0.1, -0.05) is 0 Å². The molecule has 1 aromatic heterocycles. The molecule has 0 saturated heterocycles. The zero-order valence-electron chi connectivity index (χ0n) is 9.07. The Balaban J connectivity index is 2.88. The van der Waals surface area contributed by atoms with E-state index in [1.807, 2.05) is 0 Å². The second-order valence-corrected chi connectivity index (χ2v) is 4.17. The van der Waals surface area contributed by atoms with E-state index >= 15 is 0 Å². The first-order valence-corrected chi connectivity index (χ1v) is 4.55. The van der Waals surface area contributed by atoms with Gasteiger partial charge in [-0.05, 0) is 32.9 Å². The van der Waals surface area contributed by atoms with Gasteiger partial charge in [-0.15, -0.1) is 0 Å². The number of carbonyl (C=O) groups excluding carboxylic acids is 1. The Morgan fingerprint density at radius 1 is 1.33 bits per heavy atom. The molecule has 0 aromatic carbocycles. The molecule has 4 N–H and O–H groups in total. The van der Waals surface area contributed by atoms with Crippen LogP contribution in [0.2, 0.25) is 0 Å². The lowest BCUT2D eigenvalue weighted by Crippen LogP contribution is -2.24. The van der Waals surface area contributed by atoms with E-state index in [4.69, 9.17) is 16.2 Å². The van der Waals surface area contributed by atoms with Gasteiger partial charge in [0.1, 0.15) is 11.4 Å². The van der Waals surface area contributed by atoms with Crippen LogP contribution < -0.4 is 11.5 Å². The highest BCUT2D eigenvalue weighted by Crippen LogP contribution is 2.15. The second-order valence-electron chi connectivity index (χ2n) is 4.17. The van der Waals surface area contributed by atoms with Crippen LogP contribution in [0, 0.1) is 0 Å². The van der Waals surface area contributed by atoms with E-state index in [9.17, 15) is 4.79 Å². The van der Waals surface area contributed by atoms with Crippen molar-refractivity contribution in [3.05, 3.63) is 17.8 Å². The lowest BCUT2D eigenvalue weighted by molar-refractivity contribution is 0.00631. The number of rotatable bonds is 1. The molecule has 0 spiro atoms. The first kappa shape index (κ1) is 11.3. The van der Waals surface area contributed by atoms with E-state index in [1.54, 1.807) is 20.8 Å². The molecule has 0 atom stereocenters. The van der Waals surface area contributed by atoms with Crippen molar-refractivity contribution in [2.45, 2.75) is 26.4 Å². The summed E-state index contributed by atoms with van der Waals surface area (Å²) in [5, 5.41) is 0. The molecule has 0 fully saturated rings. The van der Waals surface area contributed by atoms with Gasteiger partial charge < -0.3 is 16.2 Å². The van der Waals surface area contributed by atoms with Crippen LogP contribution >= 0.6 is 0 Å². The minimum atomic E-state index is -0.547. The third-order valence-electron chi connectivity index (χ3n) is 1.57. The smallest absolute Gasteiger partial charge is 0.357 e. The van der Waals surface area contributed by atoms with Crippen LogP contribution in [0.1, 0.15) is 31.3 Å². The third-order valence-corrected chi connectivity index (χ3v) is 1.57. The van der Waals surface area contributed by atoms with E-state index in [2.05, 4.69) is 4.98 Å². The second kappa shape index (κ2) is 3.76. The van der Waals surface area contributed by atoms with Crippen molar-refractivity contribution in [1.29, 1.82) is 0 Å². The van der Waals surface area contributed by atoms with Crippen LogP contribution in [0.4, 0.5) is 11.5 Å². The Morgan fingerprint density at radius 2 is 1.93 bits per heavy atom. The molecule has 0 radical (unpaired) electrons. The number of nitrogen functional groups attached to an aromatic ring is 2. The standard InChI is InChI=1S/C10H15N3O2/c1-10(2,3)15-9(14)7-5-4-6(11)8(12)13-7/h4-5H,11H2,1-3H3,(H2,12,13). The summed E-state index contributed by atoms with van der Waals surface area (Å²) >= 11 is 0. The Kier molecular flexibility index (Phi) is 2.83. The molecule has 1 rings (SSSR count). The predicted octanol–water partition coefficient (Wildman–Crippen LogP) is 1.20. The normalized spacial score (nSPS) is 11.1. The van der Waals surface area contributed by atoms with E-state index in [0.29, 0.717) is 5.69 Å². The summed E-state index contributed by atoms with van der Waals surface area (Å²) in [6.45, 7) is 5.35. The summed E-state index contributed by atoms with van der Waals surface area (Å²) in [6.07, 6.45) is 0.